The Bertz CT molecular complexity index is 938. The lowest BCUT2D eigenvalue weighted by molar-refractivity contribution is -0.386. The third-order valence-electron chi connectivity index (χ3n) is 4.27. The Labute approximate surface area is 168 Å². The summed E-state index contributed by atoms with van der Waals surface area (Å²) in [6, 6.07) is 3.00. The van der Waals surface area contributed by atoms with Crippen LogP contribution in [0.1, 0.15) is 46.1 Å². The first-order valence-electron chi connectivity index (χ1n) is 8.45. The van der Waals surface area contributed by atoms with Crippen molar-refractivity contribution in [1.29, 1.82) is 0 Å². The first-order valence-corrected chi connectivity index (χ1v) is 10.1. The second-order valence-electron chi connectivity index (χ2n) is 5.96. The van der Waals surface area contributed by atoms with Gasteiger partial charge in [-0.3, -0.25) is 10.1 Å². The number of carbonyl (C=O) groups is 1. The van der Waals surface area contributed by atoms with Gasteiger partial charge in [0.05, 0.1) is 21.6 Å². The normalized spacial score (nSPS) is 13.6. The highest BCUT2D eigenvalue weighted by molar-refractivity contribution is 9.10. The van der Waals surface area contributed by atoms with E-state index < -0.39 is 22.3 Å². The summed E-state index contributed by atoms with van der Waals surface area (Å²) in [6.45, 7) is 2.02. The molecule has 0 unspecified atom stereocenters. The number of phenols is 1. The van der Waals surface area contributed by atoms with Gasteiger partial charge in [-0.25, -0.2) is 9.79 Å². The van der Waals surface area contributed by atoms with Crippen molar-refractivity contribution >= 4 is 50.1 Å². The van der Waals surface area contributed by atoms with Gasteiger partial charge in [0, 0.05) is 16.7 Å². The van der Waals surface area contributed by atoms with Crippen LogP contribution in [0.2, 0.25) is 0 Å². The number of aliphatic imine (C=N–C) groups is 1. The Hall–Kier alpha value is -2.26. The molecule has 1 heterocycles. The predicted molar refractivity (Wildman–Crippen MR) is 107 cm³/mol. The molecule has 0 spiro atoms. The number of rotatable bonds is 5. The van der Waals surface area contributed by atoms with Crippen molar-refractivity contribution in [3.8, 4) is 5.75 Å². The number of aryl methyl sites for hydroxylation is 1. The van der Waals surface area contributed by atoms with Crippen molar-refractivity contribution in [2.75, 3.05) is 6.61 Å². The number of fused-ring (bicyclic) bond motifs is 1. The number of hydrogen-bond donors (Lipinski definition) is 1. The van der Waals surface area contributed by atoms with E-state index in [1.54, 1.807) is 6.92 Å². The minimum Gasteiger partial charge on any atom is -0.502 e. The molecule has 27 heavy (non-hydrogen) atoms. The minimum absolute atomic E-state index is 0.181. The van der Waals surface area contributed by atoms with E-state index in [1.807, 2.05) is 0 Å². The molecule has 1 aliphatic carbocycles. The van der Waals surface area contributed by atoms with Crippen LogP contribution in [0.4, 0.5) is 10.7 Å². The summed E-state index contributed by atoms with van der Waals surface area (Å²) < 4.78 is 5.37. The second-order valence-corrected chi connectivity index (χ2v) is 7.90. The molecule has 1 aromatic carbocycles. The Morgan fingerprint density at radius 2 is 2.19 bits per heavy atom. The Balaban J connectivity index is 2.03. The summed E-state index contributed by atoms with van der Waals surface area (Å²) >= 11 is 4.49. The topological polar surface area (TPSA) is 102 Å². The lowest BCUT2D eigenvalue weighted by atomic mass is 9.95. The lowest BCUT2D eigenvalue weighted by Gasteiger charge is -2.11. The molecule has 1 aliphatic rings. The summed E-state index contributed by atoms with van der Waals surface area (Å²) in [5, 5.41) is 21.8. The number of ether oxygens (including phenoxy) is 1. The zero-order valence-corrected chi connectivity index (χ0v) is 16.9. The first kappa shape index (κ1) is 19.5. The molecular formula is C18H17BrN2O5S. The number of thiophene rings is 1. The van der Waals surface area contributed by atoms with Crippen molar-refractivity contribution in [3.63, 3.8) is 0 Å². The van der Waals surface area contributed by atoms with E-state index in [0.29, 0.717) is 10.6 Å². The number of nitro benzene ring substituents is 1. The van der Waals surface area contributed by atoms with E-state index in [1.165, 1.54) is 29.7 Å². The smallest absolute Gasteiger partial charge is 0.341 e. The van der Waals surface area contributed by atoms with Crippen molar-refractivity contribution in [1.82, 2.24) is 0 Å². The zero-order chi connectivity index (χ0) is 19.6. The van der Waals surface area contributed by atoms with Crippen LogP contribution in [0.25, 0.3) is 0 Å². The summed E-state index contributed by atoms with van der Waals surface area (Å²) in [4.78, 5) is 28.4. The first-order chi connectivity index (χ1) is 12.9. The van der Waals surface area contributed by atoms with Crippen LogP contribution < -0.4 is 0 Å². The van der Waals surface area contributed by atoms with E-state index in [-0.39, 0.29) is 16.6 Å². The van der Waals surface area contributed by atoms with E-state index in [4.69, 9.17) is 4.74 Å². The van der Waals surface area contributed by atoms with Crippen molar-refractivity contribution in [3.05, 3.63) is 48.3 Å². The van der Waals surface area contributed by atoms with E-state index >= 15 is 0 Å². The molecule has 1 aromatic heterocycles. The molecule has 1 N–H and O–H groups in total. The van der Waals surface area contributed by atoms with Gasteiger partial charge < -0.3 is 9.84 Å². The van der Waals surface area contributed by atoms with E-state index in [9.17, 15) is 20.0 Å². The van der Waals surface area contributed by atoms with Crippen molar-refractivity contribution < 1.29 is 19.6 Å². The summed E-state index contributed by atoms with van der Waals surface area (Å²) in [5.41, 5.74) is 1.24. The molecular weight excluding hydrogens is 436 g/mol. The van der Waals surface area contributed by atoms with Gasteiger partial charge in [0.25, 0.3) is 0 Å². The number of nitro groups is 1. The van der Waals surface area contributed by atoms with Crippen LogP contribution >= 0.6 is 27.3 Å². The predicted octanol–water partition coefficient (Wildman–Crippen LogP) is 4.93. The quantitative estimate of drug-likeness (QED) is 0.299. The number of esters is 1. The maximum Gasteiger partial charge on any atom is 0.341 e. The molecule has 7 nitrogen and oxygen atoms in total. The molecule has 0 fully saturated rings. The zero-order valence-electron chi connectivity index (χ0n) is 14.5. The summed E-state index contributed by atoms with van der Waals surface area (Å²) in [5.74, 6) is -0.882. The van der Waals surface area contributed by atoms with Gasteiger partial charge in [-0.05, 0) is 66.2 Å². The Kier molecular flexibility index (Phi) is 5.91. The molecule has 142 valence electrons. The van der Waals surface area contributed by atoms with Gasteiger partial charge in [0.15, 0.2) is 0 Å². The average molecular weight is 453 g/mol. The van der Waals surface area contributed by atoms with Crippen LogP contribution in [-0.2, 0) is 17.6 Å². The van der Waals surface area contributed by atoms with Crippen LogP contribution in [-0.4, -0.2) is 28.8 Å². The van der Waals surface area contributed by atoms with Crippen molar-refractivity contribution in [2.24, 2.45) is 4.99 Å². The van der Waals surface area contributed by atoms with E-state index in [0.717, 1.165) is 36.1 Å². The summed E-state index contributed by atoms with van der Waals surface area (Å²) in [6.07, 6.45) is 5.13. The molecule has 2 aromatic rings. The second kappa shape index (κ2) is 8.18. The largest absolute Gasteiger partial charge is 0.502 e. The van der Waals surface area contributed by atoms with Crippen LogP contribution in [0.3, 0.4) is 0 Å². The fourth-order valence-electron chi connectivity index (χ4n) is 3.03. The highest BCUT2D eigenvalue weighted by atomic mass is 79.9. The number of halogens is 1. The molecule has 0 saturated carbocycles. The molecule has 0 atom stereocenters. The van der Waals surface area contributed by atoms with Gasteiger partial charge >= 0.3 is 11.7 Å². The highest BCUT2D eigenvalue weighted by Gasteiger charge is 2.26. The fraction of sp³-hybridized carbons (Fsp3) is 0.333. The fourth-order valence-corrected chi connectivity index (χ4v) is 4.72. The van der Waals surface area contributed by atoms with Gasteiger partial charge in [-0.2, -0.15) is 0 Å². The molecule has 9 heteroatoms. The third-order valence-corrected chi connectivity index (χ3v) is 6.11. The number of benzene rings is 1. The Morgan fingerprint density at radius 3 is 2.89 bits per heavy atom. The molecule has 0 aliphatic heterocycles. The molecule has 0 bridgehead atoms. The van der Waals surface area contributed by atoms with Gasteiger partial charge in [0.2, 0.25) is 5.75 Å². The number of aromatic hydroxyl groups is 1. The lowest BCUT2D eigenvalue weighted by Crippen LogP contribution is -2.09. The van der Waals surface area contributed by atoms with Crippen molar-refractivity contribution in [2.45, 2.75) is 32.6 Å². The third kappa shape index (κ3) is 3.89. The number of carbonyl (C=O) groups excluding carboxylic acids is 1. The Morgan fingerprint density at radius 1 is 1.44 bits per heavy atom. The summed E-state index contributed by atoms with van der Waals surface area (Å²) in [7, 11) is 0. The molecule has 0 radical (unpaired) electrons. The average Bonchev–Trinajstić information content (AvgIpc) is 2.99. The molecule has 0 amide bonds. The highest BCUT2D eigenvalue weighted by Crippen LogP contribution is 2.41. The maximum absolute atomic E-state index is 12.4. The van der Waals surface area contributed by atoms with E-state index in [2.05, 4.69) is 20.9 Å². The monoisotopic (exact) mass is 452 g/mol. The van der Waals surface area contributed by atoms with Crippen LogP contribution in [0, 0.1) is 10.1 Å². The number of hydrogen-bond acceptors (Lipinski definition) is 7. The standard InChI is InChI=1S/C18H17BrN2O5S/c1-2-26-18(23)14-11-5-3-4-6-13(11)27-17(14)20-9-10-7-8-12(19)15(16(10)22)21(24)25/h7-9,22H,2-6H2,1H3/b20-9+. The minimum atomic E-state index is -0.662. The van der Waals surface area contributed by atoms with Gasteiger partial charge in [-0.1, -0.05) is 0 Å². The maximum atomic E-state index is 12.4. The molecule has 0 saturated heterocycles. The number of nitrogens with zero attached hydrogens (tertiary/aromatic N) is 2. The van der Waals surface area contributed by atoms with Crippen LogP contribution in [0.5, 0.6) is 5.75 Å². The molecule has 3 rings (SSSR count). The van der Waals surface area contributed by atoms with Crippen LogP contribution in [0.15, 0.2) is 21.6 Å². The van der Waals surface area contributed by atoms with Gasteiger partial charge in [0.1, 0.15) is 5.00 Å². The number of phenolic OH excluding ortho intramolecular Hbond substituents is 1. The van der Waals surface area contributed by atoms with Gasteiger partial charge in [-0.15, -0.1) is 11.3 Å². The SMILES string of the molecule is CCOC(=O)c1c(/N=C/c2ccc(Br)c([N+](=O)[O-])c2O)sc2c1CCCC2.